The number of nitrogens with two attached hydrogens (primary N) is 1. The van der Waals surface area contributed by atoms with Crippen LogP contribution >= 0.6 is 0 Å². The highest BCUT2D eigenvalue weighted by Crippen LogP contribution is 2.36. The molecule has 1 saturated heterocycles. The maximum Gasteiger partial charge on any atom is 0.108 e. The molecular formula is C15H20ClN3O. The molecule has 2 aromatic rings. The van der Waals surface area contributed by atoms with Crippen LogP contribution in [0.5, 0.6) is 0 Å². The minimum absolute atomic E-state index is 0. The maximum atomic E-state index is 6.13. The number of hydrogen-bond acceptors (Lipinski definition) is 2. The molecule has 0 aliphatic carbocycles. The predicted molar refractivity (Wildman–Crippen MR) is 72.8 cm³/mol. The fraction of sp³-hybridized carbons (Fsp3) is 0.533. The van der Waals surface area contributed by atoms with Crippen molar-refractivity contribution in [2.45, 2.75) is 25.5 Å². The minimum atomic E-state index is 0. The van der Waals surface area contributed by atoms with E-state index in [0.717, 1.165) is 18.7 Å². The van der Waals surface area contributed by atoms with E-state index in [-0.39, 0.29) is 18.5 Å². The van der Waals surface area contributed by atoms with Crippen LogP contribution in [0.2, 0.25) is 0 Å². The zero-order chi connectivity index (χ0) is 12.7. The summed E-state index contributed by atoms with van der Waals surface area (Å²) < 4.78 is 8.30. The molecule has 5 heteroatoms. The van der Waals surface area contributed by atoms with Gasteiger partial charge in [0.25, 0.3) is 0 Å². The Bertz CT molecular complexity index is 592. The molecule has 4 rings (SSSR count). The van der Waals surface area contributed by atoms with Crippen LogP contribution in [0.1, 0.15) is 24.6 Å². The van der Waals surface area contributed by atoms with Gasteiger partial charge in [-0.1, -0.05) is 18.2 Å². The van der Waals surface area contributed by atoms with Crippen molar-refractivity contribution >= 4 is 10.9 Å². The summed E-state index contributed by atoms with van der Waals surface area (Å²) >= 11 is 0. The third-order valence-corrected chi connectivity index (χ3v) is 4.44. The fourth-order valence-electron chi connectivity index (χ4n) is 3.52. The number of nitrogens with zero attached hydrogens (tertiary/aromatic N) is 2. The molecular weight excluding hydrogens is 274 g/mol. The van der Waals surface area contributed by atoms with Gasteiger partial charge in [-0.25, -0.2) is 0 Å². The number of aromatic nitrogens is 2. The Morgan fingerprint density at radius 3 is 3.05 bits per heavy atom. The molecule has 0 spiro atoms. The monoisotopic (exact) mass is 293 g/mol. The van der Waals surface area contributed by atoms with E-state index in [4.69, 9.17) is 9.84 Å². The van der Waals surface area contributed by atoms with Gasteiger partial charge >= 0.3 is 0 Å². The number of hydrogen-bond donors (Lipinski definition) is 1. The Labute approximate surface area is 124 Å². The van der Waals surface area contributed by atoms with Crippen molar-refractivity contribution in [3.05, 3.63) is 30.0 Å². The second-order valence-electron chi connectivity index (χ2n) is 5.63. The van der Waals surface area contributed by atoms with Crippen LogP contribution in [0.15, 0.2) is 24.3 Å². The van der Waals surface area contributed by atoms with Crippen LogP contribution < -0.4 is 17.7 Å². The van der Waals surface area contributed by atoms with E-state index in [1.165, 1.54) is 37.0 Å². The number of halogens is 1. The molecule has 2 N–H and O–H groups in total. The first-order valence-electron chi connectivity index (χ1n) is 7.32. The normalized spacial score (nSPS) is 26.0. The second kappa shape index (κ2) is 5.72. The summed E-state index contributed by atoms with van der Waals surface area (Å²) in [7, 11) is 0. The van der Waals surface area contributed by atoms with E-state index in [1.807, 2.05) is 0 Å². The molecule has 1 unspecified atom stereocenters. The van der Waals surface area contributed by atoms with E-state index < -0.39 is 0 Å². The Kier molecular flexibility index (Phi) is 3.96. The summed E-state index contributed by atoms with van der Waals surface area (Å²) in [4.78, 5) is 0. The highest BCUT2D eigenvalue weighted by atomic mass is 35.5. The van der Waals surface area contributed by atoms with Gasteiger partial charge in [0.2, 0.25) is 0 Å². The van der Waals surface area contributed by atoms with Crippen LogP contribution in [0, 0.1) is 5.92 Å². The van der Waals surface area contributed by atoms with Gasteiger partial charge < -0.3 is 22.5 Å². The fourth-order valence-corrected chi connectivity index (χ4v) is 3.52. The zero-order valence-corrected chi connectivity index (χ0v) is 12.2. The molecule has 1 aromatic carbocycles. The number of benzene rings is 1. The lowest BCUT2D eigenvalue weighted by Gasteiger charge is -2.32. The van der Waals surface area contributed by atoms with Crippen molar-refractivity contribution in [3.8, 4) is 0 Å². The third kappa shape index (κ3) is 2.22. The summed E-state index contributed by atoms with van der Waals surface area (Å²) in [6.45, 7) is 4.13. The molecule has 0 saturated carbocycles. The van der Waals surface area contributed by atoms with Crippen LogP contribution in [-0.2, 0) is 11.3 Å². The first-order valence-corrected chi connectivity index (χ1v) is 7.32. The zero-order valence-electron chi connectivity index (χ0n) is 11.5. The lowest BCUT2D eigenvalue weighted by atomic mass is 9.90. The van der Waals surface area contributed by atoms with Gasteiger partial charge in [0, 0.05) is 11.3 Å². The van der Waals surface area contributed by atoms with Crippen molar-refractivity contribution in [1.29, 1.82) is 0 Å². The Balaban J connectivity index is 0.00000121. The van der Waals surface area contributed by atoms with Crippen molar-refractivity contribution in [3.63, 3.8) is 0 Å². The molecule has 0 radical (unpaired) electrons. The Morgan fingerprint density at radius 2 is 2.20 bits per heavy atom. The smallest absolute Gasteiger partial charge is 0.108 e. The summed E-state index contributed by atoms with van der Waals surface area (Å²) in [5, 5.41) is 8.43. The quantitative estimate of drug-likeness (QED) is 0.667. The molecule has 1 aromatic heterocycles. The topological polar surface area (TPSA) is 43.7 Å². The van der Waals surface area contributed by atoms with Gasteiger partial charge in [-0.15, -0.1) is 0 Å². The van der Waals surface area contributed by atoms with Crippen LogP contribution in [0.4, 0.5) is 0 Å². The Hall–Kier alpha value is -1.10. The van der Waals surface area contributed by atoms with Gasteiger partial charge in [0.1, 0.15) is 6.10 Å². The SMILES string of the molecule is [Cl-].c1ccc2c3n(nc2c1)CCOC3[C@@H]1CCC[NH2+]C1. The standard InChI is InChI=1S/C15H19N3O.ClH/c1-2-6-13-12(5-1)14-15(11-4-3-7-16-10-11)19-9-8-18(14)17-13;/h1-2,5-6,11,15-16H,3-4,7-10H2;1H/t11-,15?;/m1./s1. The van der Waals surface area contributed by atoms with Gasteiger partial charge in [-0.05, 0) is 18.9 Å². The van der Waals surface area contributed by atoms with E-state index in [1.54, 1.807) is 0 Å². The van der Waals surface area contributed by atoms with Crippen LogP contribution in [0.3, 0.4) is 0 Å². The van der Waals surface area contributed by atoms with Gasteiger partial charge in [-0.3, -0.25) is 4.68 Å². The average molecular weight is 294 g/mol. The van der Waals surface area contributed by atoms with Crippen molar-refractivity contribution in [2.24, 2.45) is 5.92 Å². The highest BCUT2D eigenvalue weighted by Gasteiger charge is 2.34. The molecule has 1 fully saturated rings. The highest BCUT2D eigenvalue weighted by molar-refractivity contribution is 5.82. The first-order chi connectivity index (χ1) is 9.43. The molecule has 0 bridgehead atoms. The van der Waals surface area contributed by atoms with Crippen molar-refractivity contribution in [2.75, 3.05) is 19.7 Å². The lowest BCUT2D eigenvalue weighted by molar-refractivity contribution is -0.670. The van der Waals surface area contributed by atoms with Crippen molar-refractivity contribution < 1.29 is 22.5 Å². The maximum absolute atomic E-state index is 6.13. The predicted octanol–water partition coefficient (Wildman–Crippen LogP) is -1.91. The molecule has 108 valence electrons. The number of fused-ring (bicyclic) bond motifs is 3. The average Bonchev–Trinajstić information content (AvgIpc) is 2.86. The van der Waals surface area contributed by atoms with Crippen molar-refractivity contribution in [1.82, 2.24) is 9.78 Å². The minimum Gasteiger partial charge on any atom is -1.00 e. The number of quaternary nitrogens is 1. The lowest BCUT2D eigenvalue weighted by Crippen LogP contribution is -3.00. The largest absolute Gasteiger partial charge is 1.00 e. The van der Waals surface area contributed by atoms with Gasteiger partial charge in [0.05, 0.1) is 37.5 Å². The van der Waals surface area contributed by atoms with E-state index in [0.29, 0.717) is 5.92 Å². The molecule has 3 heterocycles. The summed E-state index contributed by atoms with van der Waals surface area (Å²) in [6, 6.07) is 8.45. The number of ether oxygens (including phenoxy) is 1. The summed E-state index contributed by atoms with van der Waals surface area (Å²) in [5.74, 6) is 0.632. The van der Waals surface area contributed by atoms with Gasteiger partial charge in [-0.2, -0.15) is 5.10 Å². The molecule has 2 aliphatic heterocycles. The van der Waals surface area contributed by atoms with Crippen LogP contribution in [0.25, 0.3) is 10.9 Å². The van der Waals surface area contributed by atoms with Gasteiger partial charge in [0.15, 0.2) is 0 Å². The molecule has 20 heavy (non-hydrogen) atoms. The number of rotatable bonds is 1. The molecule has 2 aliphatic rings. The van der Waals surface area contributed by atoms with E-state index in [2.05, 4.69) is 34.3 Å². The van der Waals surface area contributed by atoms with E-state index >= 15 is 0 Å². The molecule has 4 nitrogen and oxygen atoms in total. The second-order valence-corrected chi connectivity index (χ2v) is 5.63. The Morgan fingerprint density at radius 1 is 1.30 bits per heavy atom. The molecule has 0 amide bonds. The third-order valence-electron chi connectivity index (χ3n) is 4.44. The van der Waals surface area contributed by atoms with E-state index in [9.17, 15) is 0 Å². The van der Waals surface area contributed by atoms with Crippen LogP contribution in [-0.4, -0.2) is 29.5 Å². The molecule has 2 atom stereocenters. The first kappa shape index (κ1) is 13.9. The number of piperidine rings is 1. The summed E-state index contributed by atoms with van der Waals surface area (Å²) in [6.07, 6.45) is 2.81. The summed E-state index contributed by atoms with van der Waals surface area (Å²) in [5.41, 5.74) is 2.41.